The molecule has 0 aromatic heterocycles. The molecule has 1 saturated heterocycles. The van der Waals surface area contributed by atoms with E-state index < -0.39 is 0 Å². The third-order valence-electron chi connectivity index (χ3n) is 27.9. The van der Waals surface area contributed by atoms with Crippen LogP contribution in [0.15, 0.2) is 0 Å². The van der Waals surface area contributed by atoms with Gasteiger partial charge in [0.05, 0.1) is 10.8 Å². The molecule has 28 aromatic carbocycles. The zero-order valence-electron chi connectivity index (χ0n) is 41.5. The second kappa shape index (κ2) is 7.71. The van der Waals surface area contributed by atoms with E-state index in [-0.39, 0.29) is 10.8 Å². The second-order valence-corrected chi connectivity index (χ2v) is 28.9. The maximum Gasteiger partial charge on any atom is 0.0533 e. The minimum Gasteiger partial charge on any atom is -0.301 e. The first-order valence-corrected chi connectivity index (χ1v) is 30.3. The molecule has 28 aromatic rings. The molecule has 0 bridgehead atoms. The van der Waals surface area contributed by atoms with Crippen LogP contribution in [0.4, 0.5) is 0 Å². The van der Waals surface area contributed by atoms with Crippen molar-refractivity contribution in [2.24, 2.45) is 0 Å². The molecule has 0 saturated carbocycles. The number of hydrogen-bond acceptors (Lipinski definition) is 1. The molecule has 336 valence electrons. The molecular weight excluding hydrogens is 915 g/mol. The number of likely N-dealkylation sites (N-methyl/N-ethyl adjacent to an activating group) is 1. The smallest absolute Gasteiger partial charge is 0.0533 e. The third-order valence-corrected chi connectivity index (χ3v) is 27.9. The van der Waals surface area contributed by atoms with Gasteiger partial charge in [0.1, 0.15) is 0 Å². The lowest BCUT2D eigenvalue weighted by Crippen LogP contribution is -2.54. The molecule has 4 aliphatic carbocycles. The number of nitrogens with zero attached hydrogens (tertiary/aromatic N) is 1. The number of benzene rings is 18. The summed E-state index contributed by atoms with van der Waals surface area (Å²) in [4.78, 5) is 3.07. The Morgan fingerprint density at radius 2 is 0.434 bits per heavy atom. The van der Waals surface area contributed by atoms with Crippen LogP contribution in [-0.2, 0) is 10.8 Å². The summed E-state index contributed by atoms with van der Waals surface area (Å²) >= 11 is 0. The Balaban J connectivity index is 0.963. The van der Waals surface area contributed by atoms with Crippen LogP contribution in [0, 0.1) is 0 Å². The molecule has 1 aliphatic heterocycles. The van der Waals surface area contributed by atoms with Gasteiger partial charge in [-0.1, -0.05) is 71.1 Å². The monoisotopic (exact) mass is 945 g/mol. The van der Waals surface area contributed by atoms with Crippen LogP contribution >= 0.6 is 0 Å². The minimum absolute atomic E-state index is 0.143. The molecule has 1 heterocycles. The van der Waals surface area contributed by atoms with Crippen LogP contribution in [0.2, 0.25) is 0 Å². The van der Waals surface area contributed by atoms with Gasteiger partial charge in [0.15, 0.2) is 0 Å². The van der Waals surface area contributed by atoms with E-state index in [1.807, 2.05) is 22.3 Å². The zero-order chi connectivity index (χ0) is 46.1. The topological polar surface area (TPSA) is 3.24 Å². The fourth-order valence-corrected chi connectivity index (χ4v) is 27.4. The lowest BCUT2D eigenvalue weighted by atomic mass is 9.48. The van der Waals surface area contributed by atoms with Crippen LogP contribution in [0.5, 0.6) is 0 Å². The predicted octanol–water partition coefficient (Wildman–Crippen LogP) is 20.9. The fourth-order valence-electron chi connectivity index (χ4n) is 27.4. The second-order valence-electron chi connectivity index (χ2n) is 28.9. The molecule has 76 heavy (non-hydrogen) atoms. The lowest BCUT2D eigenvalue weighted by Gasteiger charge is -2.52. The molecule has 0 amide bonds. The summed E-state index contributed by atoms with van der Waals surface area (Å²) < 4.78 is 0. The van der Waals surface area contributed by atoms with Crippen LogP contribution in [0.25, 0.3) is 291 Å². The van der Waals surface area contributed by atoms with Gasteiger partial charge >= 0.3 is 0 Å². The summed E-state index contributed by atoms with van der Waals surface area (Å²) in [6, 6.07) is 0.442. The van der Waals surface area contributed by atoms with Crippen molar-refractivity contribution in [3.8, 4) is 0 Å². The number of unbranched alkanes of at least 4 members (excludes halogenated alkanes) is 9. The minimum atomic E-state index is -0.146. The summed E-state index contributed by atoms with van der Waals surface area (Å²) in [5.41, 5.74) is 7.13. The zero-order valence-corrected chi connectivity index (χ0v) is 41.5. The summed E-state index contributed by atoms with van der Waals surface area (Å²) in [5.74, 6) is 0. The normalized spacial score (nSPS) is 23.1. The SMILES string of the molecule is CCCCCCCCCCCCC1N(C)CC23c4c5c6c7c8c9c(c%10c%11c2c2c4c4c%12c5c5c6c6c8c8c%13c9c9c%10c%10c%11c%11c2c2c4c4c%12c%12c5c5c6c8c6c8c%13c9c9c%10c%10c%11c2c2c4c4c%12c5c6c5c8c9c%10c2c45)C713. The highest BCUT2D eigenvalue weighted by atomic mass is 15.2. The van der Waals surface area contributed by atoms with Gasteiger partial charge < -0.3 is 4.90 Å². The van der Waals surface area contributed by atoms with Crippen molar-refractivity contribution in [2.75, 3.05) is 13.6 Å². The van der Waals surface area contributed by atoms with E-state index >= 15 is 0 Å². The fraction of sp³-hybridized carbons (Fsp3) is 0.227. The molecule has 1 fully saturated rings. The largest absolute Gasteiger partial charge is 0.301 e. The maximum absolute atomic E-state index is 3.07. The molecule has 33 rings (SSSR count). The van der Waals surface area contributed by atoms with Gasteiger partial charge in [-0.3, -0.25) is 0 Å². The molecule has 0 radical (unpaired) electrons. The van der Waals surface area contributed by atoms with E-state index in [2.05, 4.69) is 18.9 Å². The van der Waals surface area contributed by atoms with Gasteiger partial charge in [0.2, 0.25) is 0 Å². The van der Waals surface area contributed by atoms with Crippen LogP contribution in [0.1, 0.15) is 99.8 Å². The van der Waals surface area contributed by atoms with Gasteiger partial charge in [-0.2, -0.15) is 0 Å². The summed E-state index contributed by atoms with van der Waals surface area (Å²) in [7, 11) is 2.66. The molecule has 0 N–H and O–H groups in total. The molecular formula is C75H31N. The average molecular weight is 946 g/mol. The Kier molecular flexibility index (Phi) is 3.19. The highest BCUT2D eigenvalue weighted by Gasteiger charge is 2.75. The molecule has 1 nitrogen and oxygen atoms in total. The van der Waals surface area contributed by atoms with Crippen LogP contribution in [-0.4, -0.2) is 24.5 Å². The van der Waals surface area contributed by atoms with E-state index in [9.17, 15) is 0 Å². The van der Waals surface area contributed by atoms with Crippen molar-refractivity contribution in [3.05, 3.63) is 22.3 Å². The first kappa shape index (κ1) is 31.5. The van der Waals surface area contributed by atoms with Crippen molar-refractivity contribution < 1.29 is 0 Å². The first-order valence-electron chi connectivity index (χ1n) is 30.3. The van der Waals surface area contributed by atoms with Gasteiger partial charge in [-0.25, -0.2) is 0 Å². The number of hydrogen-bond donors (Lipinski definition) is 0. The van der Waals surface area contributed by atoms with Crippen LogP contribution in [0.3, 0.4) is 0 Å². The highest BCUT2D eigenvalue weighted by Crippen LogP contribution is 2.86. The molecule has 1 heteroatoms. The van der Waals surface area contributed by atoms with Gasteiger partial charge in [-0.15, -0.1) is 0 Å². The standard InChI is InChI=1S/C75H31N/c1-3-4-5-6-7-8-9-10-11-12-13-15-75-72-66-60-50-38-30-22-18-16-17-20-24(22)32(38)42-36-28(20)29-21(17)25-23-19(16)27-26(18)34-40(30)48-54-44(34)45-35(27)41-31(23)39-33(25)43-37(29)47-46(36)58(52(42)60)68(72)69-59(47)53(43)61-51(39)57-49(41)55(45)63-62(54)70(64(66)56(48)50)74(75,14-76(15)2)71(63)65(57)67(61)73(69)75/h15H,3-14H2,1-2H3. The maximum atomic E-state index is 3.07. The Bertz CT molecular complexity index is 7040. The first-order chi connectivity index (χ1) is 37.8. The van der Waals surface area contributed by atoms with Gasteiger partial charge in [-0.05, 0) is 327 Å². The Morgan fingerprint density at radius 3 is 0.658 bits per heavy atom. The molecule has 2 spiro atoms. The third kappa shape index (κ3) is 1.85. The lowest BCUT2D eigenvalue weighted by molar-refractivity contribution is 0.244. The van der Waals surface area contributed by atoms with Crippen molar-refractivity contribution in [3.63, 3.8) is 0 Å². The quantitative estimate of drug-likeness (QED) is 0.0922. The average Bonchev–Trinajstić information content (AvgIpc) is 3.58. The van der Waals surface area contributed by atoms with E-state index in [0.717, 1.165) is 6.54 Å². The molecule has 1 atom stereocenters. The van der Waals surface area contributed by atoms with Gasteiger partial charge in [0, 0.05) is 12.6 Å². The number of likely N-dealkylation sites (tertiary alicyclic amines) is 1. The summed E-state index contributed by atoms with van der Waals surface area (Å²) in [6.45, 7) is 3.50. The van der Waals surface area contributed by atoms with E-state index in [4.69, 9.17) is 0 Å². The van der Waals surface area contributed by atoms with E-state index in [1.165, 1.54) is 70.6 Å². The highest BCUT2D eigenvalue weighted by molar-refractivity contribution is 6.82. The number of rotatable bonds is 11. The summed E-state index contributed by atoms with van der Waals surface area (Å²) in [5, 5.41) is 92.4. The van der Waals surface area contributed by atoms with Crippen molar-refractivity contribution >= 4 is 291 Å². The van der Waals surface area contributed by atoms with Crippen molar-refractivity contribution in [1.82, 2.24) is 4.90 Å². The van der Waals surface area contributed by atoms with Crippen molar-refractivity contribution in [1.29, 1.82) is 0 Å². The van der Waals surface area contributed by atoms with Crippen LogP contribution < -0.4 is 0 Å². The molecule has 5 aliphatic rings. The Morgan fingerprint density at radius 1 is 0.250 bits per heavy atom. The van der Waals surface area contributed by atoms with E-state index in [1.54, 1.807) is 291 Å². The predicted molar refractivity (Wildman–Crippen MR) is 327 cm³/mol. The molecule has 1 unspecified atom stereocenters. The summed E-state index contributed by atoms with van der Waals surface area (Å²) in [6.07, 6.45) is 15.3. The Hall–Kier alpha value is -7.58. The van der Waals surface area contributed by atoms with Gasteiger partial charge in [0.25, 0.3) is 0 Å². The Labute approximate surface area is 423 Å². The van der Waals surface area contributed by atoms with E-state index in [0.29, 0.717) is 6.04 Å². The van der Waals surface area contributed by atoms with Crippen molar-refractivity contribution in [2.45, 2.75) is 94.4 Å².